The van der Waals surface area contributed by atoms with Gasteiger partial charge in [0.1, 0.15) is 17.9 Å². The van der Waals surface area contributed by atoms with Crippen molar-refractivity contribution in [1.82, 2.24) is 9.80 Å². The van der Waals surface area contributed by atoms with Gasteiger partial charge in [-0.2, -0.15) is 5.26 Å². The molecule has 2 aromatic rings. The number of benzene rings is 2. The Kier molecular flexibility index (Phi) is 5.87. The average Bonchev–Trinajstić information content (AvgIpc) is 3.65. The number of nitriles is 1. The molecule has 13 heteroatoms. The molecule has 0 saturated carbocycles. The number of phenols is 1. The third-order valence-electron chi connectivity index (χ3n) is 10.5. The van der Waals surface area contributed by atoms with E-state index in [0.29, 0.717) is 58.2 Å². The smallest absolute Gasteiger partial charge is 0.375 e. The Morgan fingerprint density at radius 3 is 2.62 bits per heavy atom. The zero-order valence-corrected chi connectivity index (χ0v) is 26.2. The highest BCUT2D eigenvalue weighted by Crippen LogP contribution is 2.71. The van der Waals surface area contributed by atoms with Crippen molar-refractivity contribution in [1.29, 1.82) is 5.26 Å². The van der Waals surface area contributed by atoms with E-state index in [1.807, 2.05) is 13.0 Å². The van der Waals surface area contributed by atoms with Gasteiger partial charge in [0, 0.05) is 53.7 Å². The second-order valence-corrected chi connectivity index (χ2v) is 13.9. The monoisotopic (exact) mass is 633 g/mol. The summed E-state index contributed by atoms with van der Waals surface area (Å²) in [7, 11) is 1.52. The van der Waals surface area contributed by atoms with Gasteiger partial charge in [0.2, 0.25) is 12.6 Å². The molecule has 8 rings (SSSR count). The Bertz CT molecular complexity index is 1810. The summed E-state index contributed by atoms with van der Waals surface area (Å²) in [4.78, 5) is 42.8. The summed E-state index contributed by atoms with van der Waals surface area (Å²) in [6.45, 7) is 7.17. The van der Waals surface area contributed by atoms with Crippen molar-refractivity contribution in [2.75, 3.05) is 32.8 Å². The minimum Gasteiger partial charge on any atom is -0.504 e. The summed E-state index contributed by atoms with van der Waals surface area (Å²) < 4.78 is 29.2. The number of phenolic OH excluding ortho intramolecular Hbond substituents is 1. The normalized spacial score (nSPS) is 32.4. The van der Waals surface area contributed by atoms with Crippen LogP contribution in [0, 0.1) is 25.2 Å². The lowest BCUT2D eigenvalue weighted by atomic mass is 9.72. The molecule has 6 aliphatic heterocycles. The summed E-state index contributed by atoms with van der Waals surface area (Å²) in [5.41, 5.74) is 2.60. The predicted molar refractivity (Wildman–Crippen MR) is 157 cm³/mol. The Balaban J connectivity index is 1.48. The van der Waals surface area contributed by atoms with Crippen molar-refractivity contribution >= 4 is 29.5 Å². The van der Waals surface area contributed by atoms with Gasteiger partial charge in [0.05, 0.1) is 36.3 Å². The topological polar surface area (TPSA) is 148 Å². The highest BCUT2D eigenvalue weighted by molar-refractivity contribution is 8.00. The maximum atomic E-state index is 13.0. The Labute approximate surface area is 263 Å². The molecule has 3 saturated heterocycles. The van der Waals surface area contributed by atoms with Crippen LogP contribution in [0.1, 0.15) is 71.0 Å². The summed E-state index contributed by atoms with van der Waals surface area (Å²) in [6, 6.07) is 2.98. The van der Waals surface area contributed by atoms with Crippen LogP contribution in [0.5, 0.6) is 28.7 Å². The molecule has 4 bridgehead atoms. The molecule has 1 N–H and O–H groups in total. The van der Waals surface area contributed by atoms with Gasteiger partial charge in [-0.3, -0.25) is 19.4 Å². The van der Waals surface area contributed by atoms with E-state index in [9.17, 15) is 24.8 Å². The lowest BCUT2D eigenvalue weighted by Crippen LogP contribution is -2.66. The van der Waals surface area contributed by atoms with E-state index in [1.54, 1.807) is 6.92 Å². The van der Waals surface area contributed by atoms with Crippen LogP contribution < -0.4 is 18.9 Å². The highest BCUT2D eigenvalue weighted by atomic mass is 32.2. The van der Waals surface area contributed by atoms with Crippen molar-refractivity contribution < 1.29 is 43.2 Å². The number of hydrogen-bond acceptors (Lipinski definition) is 13. The van der Waals surface area contributed by atoms with Gasteiger partial charge >= 0.3 is 11.9 Å². The SMILES string of the molecule is COc1c(C)cc2c(c1O)C1[C@@H]3[C@@H]4SCC(=O)C(=O)OC[C@@H](c5c6c(c(C)c(OC(C)=O)c54)OCO6)N3C3(C#N)CN1C2(C)C3. The van der Waals surface area contributed by atoms with E-state index in [2.05, 4.69) is 22.8 Å². The molecule has 234 valence electrons. The van der Waals surface area contributed by atoms with Crippen LogP contribution in [0.2, 0.25) is 0 Å². The first-order valence-corrected chi connectivity index (χ1v) is 15.9. The lowest BCUT2D eigenvalue weighted by Gasteiger charge is -2.58. The fourth-order valence-corrected chi connectivity index (χ4v) is 10.3. The summed E-state index contributed by atoms with van der Waals surface area (Å²) >= 11 is 1.24. The van der Waals surface area contributed by atoms with Crippen molar-refractivity contribution in [3.63, 3.8) is 0 Å². The predicted octanol–water partition coefficient (Wildman–Crippen LogP) is 3.25. The number of ether oxygens (including phenoxy) is 5. The largest absolute Gasteiger partial charge is 0.504 e. The quantitative estimate of drug-likeness (QED) is 0.293. The summed E-state index contributed by atoms with van der Waals surface area (Å²) in [6.07, 6.45) is 0.417. The number of ketones is 1. The number of rotatable bonds is 2. The molecule has 3 unspecified atom stereocenters. The van der Waals surface area contributed by atoms with E-state index in [0.717, 1.165) is 11.1 Å². The number of carbonyl (C=O) groups is 3. The first-order chi connectivity index (χ1) is 21.5. The molecule has 6 atom stereocenters. The van der Waals surface area contributed by atoms with Crippen LogP contribution in [0.15, 0.2) is 6.07 Å². The van der Waals surface area contributed by atoms with Crippen LogP contribution in [-0.2, 0) is 24.7 Å². The Morgan fingerprint density at radius 1 is 1.16 bits per heavy atom. The molecule has 2 aromatic carbocycles. The van der Waals surface area contributed by atoms with E-state index in [4.69, 9.17) is 23.7 Å². The van der Waals surface area contributed by atoms with Crippen LogP contribution >= 0.6 is 11.8 Å². The number of fused-ring (bicyclic) bond motifs is 9. The number of esters is 2. The lowest BCUT2D eigenvalue weighted by molar-refractivity contribution is -0.156. The van der Waals surface area contributed by atoms with Crippen molar-refractivity contribution in [3.05, 3.63) is 39.4 Å². The number of Topliss-reactive ketones (excluding diaryl/α,β-unsaturated/α-hetero) is 1. The van der Waals surface area contributed by atoms with Crippen LogP contribution in [0.25, 0.3) is 0 Å². The van der Waals surface area contributed by atoms with Gasteiger partial charge in [-0.1, -0.05) is 0 Å². The van der Waals surface area contributed by atoms with E-state index >= 15 is 0 Å². The molecule has 0 aliphatic carbocycles. The second kappa shape index (κ2) is 9.28. The maximum absolute atomic E-state index is 13.0. The van der Waals surface area contributed by atoms with Gasteiger partial charge in [-0.15, -0.1) is 11.8 Å². The molecular weight excluding hydrogens is 602 g/mol. The van der Waals surface area contributed by atoms with Crippen LogP contribution in [0.4, 0.5) is 0 Å². The number of nitrogens with zero attached hydrogens (tertiary/aromatic N) is 3. The molecule has 6 heterocycles. The minimum atomic E-state index is -1.04. The molecule has 0 aromatic heterocycles. The fraction of sp³-hybridized carbons (Fsp3) is 0.500. The minimum absolute atomic E-state index is 0.0419. The number of aryl methyl sites for hydroxylation is 1. The van der Waals surface area contributed by atoms with Gasteiger partial charge < -0.3 is 28.8 Å². The zero-order chi connectivity index (χ0) is 31.7. The van der Waals surface area contributed by atoms with Gasteiger partial charge in [-0.05, 0) is 38.0 Å². The van der Waals surface area contributed by atoms with Gasteiger partial charge in [-0.25, -0.2) is 4.79 Å². The van der Waals surface area contributed by atoms with Gasteiger partial charge in [0.25, 0.3) is 0 Å². The second-order valence-electron chi connectivity index (χ2n) is 12.8. The third-order valence-corrected chi connectivity index (χ3v) is 11.8. The summed E-state index contributed by atoms with van der Waals surface area (Å²) in [5.74, 6) is -0.775. The number of methoxy groups -OCH3 is 1. The highest BCUT2D eigenvalue weighted by Gasteiger charge is 2.72. The van der Waals surface area contributed by atoms with Crippen molar-refractivity contribution in [3.8, 4) is 34.8 Å². The number of carbonyl (C=O) groups excluding carboxylic acids is 3. The number of thioether (sulfide) groups is 1. The van der Waals surface area contributed by atoms with E-state index in [1.165, 1.54) is 25.8 Å². The van der Waals surface area contributed by atoms with Crippen molar-refractivity contribution in [2.24, 2.45) is 0 Å². The zero-order valence-electron chi connectivity index (χ0n) is 25.4. The molecular formula is C32H31N3O9S. The maximum Gasteiger partial charge on any atom is 0.375 e. The van der Waals surface area contributed by atoms with Crippen molar-refractivity contribution in [2.45, 2.75) is 68.6 Å². The number of cyclic esters (lactones) is 1. The first-order valence-electron chi connectivity index (χ1n) is 14.8. The fourth-order valence-electron chi connectivity index (χ4n) is 9.02. The van der Waals surface area contributed by atoms with E-state index < -0.39 is 52.2 Å². The summed E-state index contributed by atoms with van der Waals surface area (Å²) in [5, 5.41) is 22.3. The Hall–Kier alpha value is -3.99. The molecule has 0 spiro atoms. The average molecular weight is 634 g/mol. The number of aromatic hydroxyl groups is 1. The van der Waals surface area contributed by atoms with Crippen LogP contribution in [0.3, 0.4) is 0 Å². The molecule has 0 amide bonds. The van der Waals surface area contributed by atoms with Crippen LogP contribution in [-0.4, -0.2) is 77.0 Å². The number of piperazine rings is 1. The third kappa shape index (κ3) is 3.42. The molecule has 3 fully saturated rings. The molecule has 45 heavy (non-hydrogen) atoms. The molecule has 0 radical (unpaired) electrons. The molecule has 6 aliphatic rings. The molecule has 12 nitrogen and oxygen atoms in total. The first kappa shape index (κ1) is 28.5. The number of hydrogen-bond donors (Lipinski definition) is 1. The van der Waals surface area contributed by atoms with Gasteiger partial charge in [0.15, 0.2) is 23.0 Å². The van der Waals surface area contributed by atoms with E-state index in [-0.39, 0.29) is 24.9 Å². The standard InChI is InChI=1S/C32H31N3O9S/c1-13-6-16-19(24(38)25(13)40-5)22-23-29-21-20(28-27(42-12-43-28)14(2)26(21)44-15(3)36)17(7-41-30(39)18(37)8-45-29)35(23)32(10-33)9-31(16,4)34(22)11-32/h6,17,22-23,29,38H,7-9,11-12H2,1-5H3/t17-,22?,23+,29+,31?,32?/m0/s1. The Morgan fingerprint density at radius 2 is 1.91 bits per heavy atom.